The van der Waals surface area contributed by atoms with E-state index in [1.54, 1.807) is 0 Å². The molecule has 1 aliphatic heterocycles. The van der Waals surface area contributed by atoms with Gasteiger partial charge in [0.25, 0.3) is 0 Å². The number of para-hydroxylation sites is 1. The first kappa shape index (κ1) is 24.8. The van der Waals surface area contributed by atoms with Crippen molar-refractivity contribution in [3.63, 3.8) is 0 Å². The molecule has 4 nitrogen and oxygen atoms in total. The van der Waals surface area contributed by atoms with Gasteiger partial charge in [0, 0.05) is 0 Å². The zero-order chi connectivity index (χ0) is 22.1. The average Bonchev–Trinajstić information content (AvgIpc) is 2.80. The van der Waals surface area contributed by atoms with Gasteiger partial charge in [-0.2, -0.15) is 0 Å². The Kier molecular flexibility index (Phi) is 9.89. The van der Waals surface area contributed by atoms with E-state index in [-0.39, 0.29) is 0 Å². The van der Waals surface area contributed by atoms with Crippen LogP contribution in [0.2, 0.25) is 3.43 Å². The standard InChI is InChI=1S/C13H15N4.C13H27.Sn/c1-16-6-8-17(9-7-16)13-14-10-11-4-2-3-5-12(11)15-13;1-4-7-10-13(11-8-5-2)12-9-6-3;/h2-5H,6-9H2,1H3;4-12H2,1-3H3;. The summed E-state index contributed by atoms with van der Waals surface area (Å²) >= 11 is -0.909. The third-order valence-corrected chi connectivity index (χ3v) is 12.2. The summed E-state index contributed by atoms with van der Waals surface area (Å²) in [5, 5.41) is 1.33. The molecule has 1 aromatic carbocycles. The van der Waals surface area contributed by atoms with Crippen LogP contribution in [-0.2, 0) is 0 Å². The van der Waals surface area contributed by atoms with Crippen LogP contribution in [0.25, 0.3) is 10.9 Å². The molecule has 3 rings (SSSR count). The molecule has 0 N–H and O–H groups in total. The molecule has 170 valence electrons. The Morgan fingerprint density at radius 1 is 0.839 bits per heavy atom. The molecule has 1 aromatic heterocycles. The molecule has 2 heterocycles. The van der Waals surface area contributed by atoms with Crippen molar-refractivity contribution in [3.8, 4) is 0 Å². The van der Waals surface area contributed by atoms with Crippen molar-refractivity contribution in [1.29, 1.82) is 0 Å². The van der Waals surface area contributed by atoms with Crippen molar-refractivity contribution in [3.05, 3.63) is 24.3 Å². The summed E-state index contributed by atoms with van der Waals surface area (Å²) in [5.74, 6) is 0.984. The molecule has 0 atom stereocenters. The molecule has 5 heteroatoms. The molecule has 1 fully saturated rings. The zero-order valence-electron chi connectivity index (χ0n) is 20.3. The number of hydrogen-bond acceptors (Lipinski definition) is 4. The summed E-state index contributed by atoms with van der Waals surface area (Å²) in [6.07, 6.45) is 12.2. The number of piperazine rings is 1. The Bertz CT molecular complexity index is 779. The van der Waals surface area contributed by atoms with Crippen LogP contribution in [0, 0.1) is 0 Å². The summed E-state index contributed by atoms with van der Waals surface area (Å²) < 4.78 is 1.99. The van der Waals surface area contributed by atoms with Gasteiger partial charge >= 0.3 is 201 Å². The van der Waals surface area contributed by atoms with E-state index < -0.39 is 21.1 Å². The van der Waals surface area contributed by atoms with E-state index in [1.807, 2.05) is 0 Å². The van der Waals surface area contributed by atoms with E-state index in [4.69, 9.17) is 9.97 Å². The van der Waals surface area contributed by atoms with Crippen LogP contribution in [0.3, 0.4) is 0 Å². The zero-order valence-corrected chi connectivity index (χ0v) is 23.1. The van der Waals surface area contributed by atoms with Gasteiger partial charge in [-0.05, 0) is 0 Å². The Morgan fingerprint density at radius 3 is 2.00 bits per heavy atom. The second kappa shape index (κ2) is 12.4. The summed E-state index contributed by atoms with van der Waals surface area (Å²) in [4.78, 5) is 15.2. The second-order valence-electron chi connectivity index (χ2n) is 9.40. The van der Waals surface area contributed by atoms with Gasteiger partial charge in [-0.25, -0.2) is 0 Å². The third kappa shape index (κ3) is 6.80. The molecule has 0 unspecified atom stereocenters. The predicted octanol–water partition coefficient (Wildman–Crippen LogP) is 5.44. The van der Waals surface area contributed by atoms with Crippen LogP contribution in [-0.4, -0.2) is 69.2 Å². The third-order valence-electron chi connectivity index (χ3n) is 6.79. The number of unbranched alkanes of at least 4 members (excludes halogenated alkanes) is 3. The topological polar surface area (TPSA) is 32.3 Å². The molecule has 31 heavy (non-hydrogen) atoms. The van der Waals surface area contributed by atoms with E-state index in [1.165, 1.54) is 66.9 Å². The minimum atomic E-state index is -0.909. The Hall–Kier alpha value is -0.881. The summed E-state index contributed by atoms with van der Waals surface area (Å²) in [6, 6.07) is 8.79. The van der Waals surface area contributed by atoms with Crippen LogP contribution in [0.4, 0.5) is 5.95 Å². The number of anilines is 1. The number of nitrogens with zero attached hydrogens (tertiary/aromatic N) is 4. The fourth-order valence-corrected chi connectivity index (χ4v) is 10.1. The molecule has 0 aliphatic carbocycles. The van der Waals surface area contributed by atoms with E-state index >= 15 is 0 Å². The molecule has 2 aromatic rings. The van der Waals surface area contributed by atoms with Gasteiger partial charge in [-0.1, -0.05) is 0 Å². The van der Waals surface area contributed by atoms with Crippen molar-refractivity contribution < 1.29 is 0 Å². The number of rotatable bonds is 12. The van der Waals surface area contributed by atoms with Gasteiger partial charge in [-0.15, -0.1) is 0 Å². The van der Waals surface area contributed by atoms with E-state index in [0.29, 0.717) is 3.43 Å². The Balaban J connectivity index is 1.98. The molecule has 0 bridgehead atoms. The number of fused-ring (bicyclic) bond motifs is 1. The SMILES string of the molecule is CCCC[C](CCCC)(CCCC)[Sn][c]1nc(N2CCN(C)CC2)nc2ccccc12. The quantitative estimate of drug-likeness (QED) is 0.343. The van der Waals surface area contributed by atoms with Crippen molar-refractivity contribution in [1.82, 2.24) is 14.9 Å². The van der Waals surface area contributed by atoms with Gasteiger partial charge < -0.3 is 0 Å². The first-order valence-electron chi connectivity index (χ1n) is 12.6. The van der Waals surface area contributed by atoms with E-state index in [0.717, 1.165) is 37.6 Å². The average molecular weight is 529 g/mol. The Morgan fingerprint density at radius 2 is 1.42 bits per heavy atom. The molecule has 1 aliphatic rings. The number of aromatic nitrogens is 2. The maximum atomic E-state index is 5.33. The fraction of sp³-hybridized carbons (Fsp3) is 0.692. The number of hydrogen-bond donors (Lipinski definition) is 0. The molecule has 0 amide bonds. The molecule has 1 saturated heterocycles. The van der Waals surface area contributed by atoms with Crippen molar-refractivity contribution in [2.75, 3.05) is 38.1 Å². The molecule has 2 radical (unpaired) electrons. The second-order valence-corrected chi connectivity index (χ2v) is 14.5. The van der Waals surface area contributed by atoms with Crippen LogP contribution < -0.4 is 8.61 Å². The normalized spacial score (nSPS) is 15.7. The van der Waals surface area contributed by atoms with Crippen LogP contribution in [0.1, 0.15) is 78.6 Å². The number of likely N-dealkylation sites (N-methyl/N-ethyl adjacent to an activating group) is 1. The van der Waals surface area contributed by atoms with Gasteiger partial charge in [0.05, 0.1) is 0 Å². The van der Waals surface area contributed by atoms with Crippen LogP contribution >= 0.6 is 0 Å². The van der Waals surface area contributed by atoms with Crippen molar-refractivity contribution in [2.24, 2.45) is 0 Å². The van der Waals surface area contributed by atoms with Crippen molar-refractivity contribution >= 4 is 41.7 Å². The van der Waals surface area contributed by atoms with Gasteiger partial charge in [0.15, 0.2) is 0 Å². The maximum absolute atomic E-state index is 5.33. The van der Waals surface area contributed by atoms with Gasteiger partial charge in [0.2, 0.25) is 0 Å². The summed E-state index contributed by atoms with van der Waals surface area (Å²) in [5.41, 5.74) is 1.15. The summed E-state index contributed by atoms with van der Waals surface area (Å²) in [7, 11) is 2.21. The van der Waals surface area contributed by atoms with E-state index in [9.17, 15) is 0 Å². The van der Waals surface area contributed by atoms with Crippen LogP contribution in [0.15, 0.2) is 24.3 Å². The van der Waals surface area contributed by atoms with Crippen LogP contribution in [0.5, 0.6) is 0 Å². The van der Waals surface area contributed by atoms with Crippen molar-refractivity contribution in [2.45, 2.75) is 82.0 Å². The minimum absolute atomic E-state index is 0.544. The Labute approximate surface area is 200 Å². The van der Waals surface area contributed by atoms with Gasteiger partial charge in [0.1, 0.15) is 0 Å². The number of benzene rings is 1. The van der Waals surface area contributed by atoms with E-state index in [2.05, 4.69) is 61.9 Å². The molecular weight excluding hydrogens is 487 g/mol. The molecule has 0 saturated carbocycles. The first-order chi connectivity index (χ1) is 15.1. The first-order valence-corrected chi connectivity index (χ1v) is 15.4. The predicted molar refractivity (Wildman–Crippen MR) is 136 cm³/mol. The fourth-order valence-electron chi connectivity index (χ4n) is 4.67. The van der Waals surface area contributed by atoms with Gasteiger partial charge in [-0.3, -0.25) is 0 Å². The monoisotopic (exact) mass is 530 g/mol. The molecular formula is C26H42N4Sn. The molecule has 0 spiro atoms. The summed E-state index contributed by atoms with van der Waals surface area (Å²) in [6.45, 7) is 11.3.